The van der Waals surface area contributed by atoms with E-state index in [4.69, 9.17) is 0 Å². The van der Waals surface area contributed by atoms with E-state index < -0.39 is 8.07 Å². The molecule has 17 heavy (non-hydrogen) atoms. The number of benzene rings is 1. The number of carbonyl (C=O) groups is 1. The summed E-state index contributed by atoms with van der Waals surface area (Å²) < 4.78 is 0. The lowest BCUT2D eigenvalue weighted by Gasteiger charge is -2.38. The van der Waals surface area contributed by atoms with Crippen LogP contribution >= 0.6 is 0 Å². The van der Waals surface area contributed by atoms with Crippen LogP contribution in [0.3, 0.4) is 0 Å². The summed E-state index contributed by atoms with van der Waals surface area (Å²) in [7, 11) is -1.60. The van der Waals surface area contributed by atoms with Crippen molar-refractivity contribution in [2.24, 2.45) is 5.92 Å². The second-order valence-electron chi connectivity index (χ2n) is 5.25. The molecule has 1 aromatic carbocycles. The lowest BCUT2D eigenvalue weighted by Crippen LogP contribution is -2.50. The van der Waals surface area contributed by atoms with Crippen LogP contribution in [0.5, 0.6) is 0 Å². The maximum atomic E-state index is 10.9. The lowest BCUT2D eigenvalue weighted by molar-refractivity contribution is -0.104. The van der Waals surface area contributed by atoms with Gasteiger partial charge < -0.3 is 0 Å². The number of hydrogen-bond donors (Lipinski definition) is 0. The molecule has 2 heteroatoms. The topological polar surface area (TPSA) is 17.1 Å². The third-order valence-corrected chi connectivity index (χ3v) is 9.04. The summed E-state index contributed by atoms with van der Waals surface area (Å²) in [4.78, 5) is 10.9. The Hall–Kier alpha value is -1.15. The average molecular weight is 244 g/mol. The average Bonchev–Trinajstić information content (AvgIpc) is 2.35. The minimum atomic E-state index is -1.60. The van der Waals surface area contributed by atoms with E-state index in [2.05, 4.69) is 43.8 Å². The van der Waals surface area contributed by atoms with Crippen LogP contribution in [0, 0.1) is 5.92 Å². The fraction of sp³-hybridized carbons (Fsp3) is 0.400. The molecule has 0 aliphatic carbocycles. The van der Waals surface area contributed by atoms with E-state index in [1.165, 1.54) is 29.3 Å². The molecule has 0 N–H and O–H groups in total. The zero-order valence-corrected chi connectivity index (χ0v) is 11.6. The molecule has 2 rings (SSSR count). The van der Waals surface area contributed by atoms with Crippen LogP contribution in [0.25, 0.3) is 0 Å². The molecule has 0 radical (unpaired) electrons. The van der Waals surface area contributed by atoms with E-state index in [0.717, 1.165) is 6.29 Å². The Morgan fingerprint density at radius 2 is 2.00 bits per heavy atom. The van der Waals surface area contributed by atoms with Gasteiger partial charge in [0.2, 0.25) is 0 Å². The number of carbonyl (C=O) groups excluding carboxylic acids is 1. The zero-order valence-electron chi connectivity index (χ0n) is 10.6. The Labute approximate surface area is 105 Å². The Morgan fingerprint density at radius 1 is 1.29 bits per heavy atom. The first-order valence-electron chi connectivity index (χ1n) is 6.40. The molecule has 1 aliphatic heterocycles. The zero-order chi connectivity index (χ0) is 12.3. The molecule has 0 bridgehead atoms. The van der Waals surface area contributed by atoms with Crippen molar-refractivity contribution in [2.75, 3.05) is 0 Å². The fourth-order valence-corrected chi connectivity index (χ4v) is 7.56. The Bertz CT molecular complexity index is 424. The van der Waals surface area contributed by atoms with Gasteiger partial charge in [0, 0.05) is 0 Å². The van der Waals surface area contributed by atoms with E-state index in [0.29, 0.717) is 5.92 Å². The highest BCUT2D eigenvalue weighted by atomic mass is 28.3. The number of allylic oxidation sites excluding steroid dienone is 2. The van der Waals surface area contributed by atoms with Crippen LogP contribution in [0.1, 0.15) is 19.8 Å². The predicted octanol–water partition coefficient (Wildman–Crippen LogP) is 3.07. The van der Waals surface area contributed by atoms with E-state index in [9.17, 15) is 4.79 Å². The first-order valence-corrected chi connectivity index (χ1v) is 9.10. The smallest absolute Gasteiger partial charge is 0.142 e. The van der Waals surface area contributed by atoms with Gasteiger partial charge >= 0.3 is 0 Å². The van der Waals surface area contributed by atoms with Gasteiger partial charge in [-0.05, 0) is 24.5 Å². The van der Waals surface area contributed by atoms with E-state index in [1.54, 1.807) is 0 Å². The van der Waals surface area contributed by atoms with Crippen molar-refractivity contribution in [2.45, 2.75) is 32.4 Å². The van der Waals surface area contributed by atoms with Gasteiger partial charge in [0.15, 0.2) is 0 Å². The van der Waals surface area contributed by atoms with Gasteiger partial charge in [-0.3, -0.25) is 4.79 Å². The molecule has 1 aliphatic rings. The summed E-state index contributed by atoms with van der Waals surface area (Å²) in [5.74, 6) is 0.575. The van der Waals surface area contributed by atoms with Gasteiger partial charge in [0.05, 0.1) is 0 Å². The highest BCUT2D eigenvalue weighted by Gasteiger charge is 2.38. The number of hydrogen-bond acceptors (Lipinski definition) is 1. The SMILES string of the molecule is C[C@@H]1CCC[Si@](C)(c2ccccc2)/C1=C\C=O. The molecule has 0 aromatic heterocycles. The molecule has 0 unspecified atom stereocenters. The molecular weight excluding hydrogens is 224 g/mol. The maximum absolute atomic E-state index is 10.9. The van der Waals surface area contributed by atoms with Crippen molar-refractivity contribution < 1.29 is 4.79 Å². The highest BCUT2D eigenvalue weighted by molar-refractivity contribution is 6.97. The van der Waals surface area contributed by atoms with Crippen molar-refractivity contribution in [1.82, 2.24) is 0 Å². The quantitative estimate of drug-likeness (QED) is 0.444. The fourth-order valence-electron chi connectivity index (χ4n) is 3.14. The largest absolute Gasteiger partial charge is 0.299 e. The van der Waals surface area contributed by atoms with Crippen molar-refractivity contribution in [3.63, 3.8) is 0 Å². The summed E-state index contributed by atoms with van der Waals surface area (Å²) in [5, 5.41) is 2.91. The predicted molar refractivity (Wildman–Crippen MR) is 75.0 cm³/mol. The second kappa shape index (κ2) is 5.01. The third kappa shape index (κ3) is 2.27. The highest BCUT2D eigenvalue weighted by Crippen LogP contribution is 2.36. The molecule has 1 saturated heterocycles. The van der Waals surface area contributed by atoms with Crippen LogP contribution in [0.2, 0.25) is 12.6 Å². The molecule has 1 aromatic rings. The Kier molecular flexibility index (Phi) is 3.62. The maximum Gasteiger partial charge on any atom is 0.142 e. The minimum absolute atomic E-state index is 0.575. The van der Waals surface area contributed by atoms with Gasteiger partial charge in [-0.2, -0.15) is 0 Å². The van der Waals surface area contributed by atoms with Gasteiger partial charge in [0.25, 0.3) is 0 Å². The van der Waals surface area contributed by atoms with Gasteiger partial charge in [-0.15, -0.1) is 0 Å². The van der Waals surface area contributed by atoms with Crippen LogP contribution in [-0.2, 0) is 4.79 Å². The first kappa shape index (κ1) is 12.3. The Balaban J connectivity index is 2.46. The number of aldehydes is 1. The molecular formula is C15H20OSi. The van der Waals surface area contributed by atoms with E-state index in [-0.39, 0.29) is 0 Å². The summed E-state index contributed by atoms with van der Waals surface area (Å²) in [6.45, 7) is 4.68. The third-order valence-electron chi connectivity index (χ3n) is 4.14. The molecule has 0 amide bonds. The number of rotatable bonds is 2. The molecule has 0 saturated carbocycles. The van der Waals surface area contributed by atoms with Crippen molar-refractivity contribution in [3.05, 3.63) is 41.6 Å². The first-order chi connectivity index (χ1) is 8.18. The van der Waals surface area contributed by atoms with E-state index in [1.807, 2.05) is 6.08 Å². The summed E-state index contributed by atoms with van der Waals surface area (Å²) in [6, 6.07) is 12.1. The standard InChI is InChI=1S/C15H20OSi/c1-13-7-6-12-17(2,15(13)10-11-16)14-8-4-3-5-9-14/h3-5,8-11,13H,6-7,12H2,1-2H3/b15-10-/t13-,17-/m1/s1. The van der Waals surface area contributed by atoms with Gasteiger partial charge in [-0.1, -0.05) is 60.6 Å². The van der Waals surface area contributed by atoms with Crippen molar-refractivity contribution in [1.29, 1.82) is 0 Å². The molecule has 90 valence electrons. The van der Waals surface area contributed by atoms with Gasteiger partial charge in [-0.25, -0.2) is 0 Å². The molecule has 1 heterocycles. The molecule has 1 fully saturated rings. The van der Waals surface area contributed by atoms with Crippen molar-refractivity contribution >= 4 is 19.5 Å². The van der Waals surface area contributed by atoms with E-state index >= 15 is 0 Å². The van der Waals surface area contributed by atoms with Crippen LogP contribution in [0.15, 0.2) is 41.6 Å². The van der Waals surface area contributed by atoms with Crippen molar-refractivity contribution in [3.8, 4) is 0 Å². The summed E-state index contributed by atoms with van der Waals surface area (Å²) in [5.41, 5.74) is 0. The summed E-state index contributed by atoms with van der Waals surface area (Å²) in [6.07, 6.45) is 5.36. The summed E-state index contributed by atoms with van der Waals surface area (Å²) >= 11 is 0. The second-order valence-corrected chi connectivity index (χ2v) is 9.57. The van der Waals surface area contributed by atoms with Crippen LogP contribution in [-0.4, -0.2) is 14.4 Å². The lowest BCUT2D eigenvalue weighted by atomic mass is 10.0. The van der Waals surface area contributed by atoms with Crippen LogP contribution < -0.4 is 5.19 Å². The van der Waals surface area contributed by atoms with Crippen LogP contribution in [0.4, 0.5) is 0 Å². The minimum Gasteiger partial charge on any atom is -0.299 e. The monoisotopic (exact) mass is 244 g/mol. The normalized spacial score (nSPS) is 31.4. The molecule has 1 nitrogen and oxygen atoms in total. The molecule has 0 spiro atoms. The molecule has 2 atom stereocenters. The Morgan fingerprint density at radius 3 is 2.65 bits per heavy atom. The van der Waals surface area contributed by atoms with Gasteiger partial charge in [0.1, 0.15) is 14.4 Å².